The Morgan fingerprint density at radius 2 is 1.93 bits per heavy atom. The van der Waals surface area contributed by atoms with Crippen molar-refractivity contribution < 1.29 is 9.21 Å². The molecule has 28 heavy (non-hydrogen) atoms. The molecule has 1 amide bonds. The zero-order chi connectivity index (χ0) is 19.8. The quantitative estimate of drug-likeness (QED) is 0.709. The van der Waals surface area contributed by atoms with Crippen molar-refractivity contribution in [3.05, 3.63) is 70.0 Å². The number of aryl methyl sites for hydroxylation is 1. The third-order valence-corrected chi connectivity index (χ3v) is 5.57. The highest BCUT2D eigenvalue weighted by atomic mass is 16.3. The average Bonchev–Trinajstić information content (AvgIpc) is 3.16. The van der Waals surface area contributed by atoms with Gasteiger partial charge in [-0.25, -0.2) is 4.68 Å². The van der Waals surface area contributed by atoms with Gasteiger partial charge in [0.2, 0.25) is 5.91 Å². The van der Waals surface area contributed by atoms with Crippen LogP contribution in [0.25, 0.3) is 5.69 Å². The second-order valence-electron chi connectivity index (χ2n) is 7.61. The average molecular weight is 379 g/mol. The minimum Gasteiger partial charge on any atom is -0.466 e. The summed E-state index contributed by atoms with van der Waals surface area (Å²) < 4.78 is 9.17. The zero-order valence-corrected chi connectivity index (χ0v) is 16.4. The van der Waals surface area contributed by atoms with Gasteiger partial charge in [-0.3, -0.25) is 14.3 Å². The number of rotatable bonds is 6. The number of benzene rings is 1. The second kappa shape index (κ2) is 7.19. The monoisotopic (exact) mass is 379 g/mol. The molecule has 2 aromatic heterocycles. The summed E-state index contributed by atoms with van der Waals surface area (Å²) in [7, 11) is 1.81. The van der Waals surface area contributed by atoms with Gasteiger partial charge in [-0.15, -0.1) is 0 Å². The maximum atomic E-state index is 12.8. The number of nitrogens with zero attached hydrogens (tertiary/aromatic N) is 2. The number of amides is 1. The number of nitrogens with one attached hydrogen (secondary N) is 1. The molecule has 6 heteroatoms. The maximum Gasteiger partial charge on any atom is 0.295 e. The standard InChI is InChI=1S/C22H25N3O3/c1-14-13-18(14)19-11-9-17(28-19)10-12-20(26)23-21-15(2)24(3)25(22(21)27)16-7-5-4-6-8-16/h4-9,11,14,18H,10,12-13H2,1-3H3,(H,23,26)/t14-,18+/m1/s1. The number of hydrogen-bond donors (Lipinski definition) is 1. The first-order valence-corrected chi connectivity index (χ1v) is 9.68. The van der Waals surface area contributed by atoms with Gasteiger partial charge >= 0.3 is 0 Å². The lowest BCUT2D eigenvalue weighted by Crippen LogP contribution is -2.23. The van der Waals surface area contributed by atoms with E-state index in [1.165, 1.54) is 6.42 Å². The summed E-state index contributed by atoms with van der Waals surface area (Å²) >= 11 is 0. The van der Waals surface area contributed by atoms with Gasteiger partial charge in [0, 0.05) is 25.8 Å². The molecule has 3 aromatic rings. The molecule has 1 N–H and O–H groups in total. The molecule has 1 aliphatic rings. The molecule has 2 atom stereocenters. The van der Waals surface area contributed by atoms with Crippen LogP contribution in [0.4, 0.5) is 5.69 Å². The van der Waals surface area contributed by atoms with Gasteiger partial charge in [0.25, 0.3) is 5.56 Å². The minimum absolute atomic E-state index is 0.191. The number of aromatic nitrogens is 2. The predicted molar refractivity (Wildman–Crippen MR) is 108 cm³/mol. The molecule has 1 saturated carbocycles. The number of anilines is 1. The number of furan rings is 1. The van der Waals surface area contributed by atoms with Crippen molar-refractivity contribution in [2.45, 2.75) is 39.0 Å². The van der Waals surface area contributed by atoms with Gasteiger partial charge in [0.15, 0.2) is 0 Å². The summed E-state index contributed by atoms with van der Waals surface area (Å²) in [6.45, 7) is 4.04. The van der Waals surface area contributed by atoms with Crippen LogP contribution < -0.4 is 10.9 Å². The summed E-state index contributed by atoms with van der Waals surface area (Å²) in [5, 5.41) is 2.79. The van der Waals surface area contributed by atoms with E-state index in [0.29, 0.717) is 29.6 Å². The SMILES string of the molecule is Cc1c(NC(=O)CCc2ccc([C@H]3C[C@H]3C)o2)c(=O)n(-c2ccccc2)n1C. The fourth-order valence-corrected chi connectivity index (χ4v) is 3.60. The van der Waals surface area contributed by atoms with Gasteiger partial charge < -0.3 is 9.73 Å². The summed E-state index contributed by atoms with van der Waals surface area (Å²) in [6.07, 6.45) is 1.96. The lowest BCUT2D eigenvalue weighted by Gasteiger charge is -2.07. The zero-order valence-electron chi connectivity index (χ0n) is 16.4. The van der Waals surface area contributed by atoms with Crippen LogP contribution in [0.5, 0.6) is 0 Å². The summed E-state index contributed by atoms with van der Waals surface area (Å²) in [5.74, 6) is 2.87. The van der Waals surface area contributed by atoms with E-state index in [4.69, 9.17) is 4.42 Å². The first kappa shape index (κ1) is 18.3. The number of carbonyl (C=O) groups is 1. The molecule has 0 radical (unpaired) electrons. The fourth-order valence-electron chi connectivity index (χ4n) is 3.60. The summed E-state index contributed by atoms with van der Waals surface area (Å²) in [5.41, 5.74) is 1.56. The van der Waals surface area contributed by atoms with E-state index in [1.54, 1.807) is 9.36 Å². The Kier molecular flexibility index (Phi) is 4.71. The van der Waals surface area contributed by atoms with Crippen LogP contribution in [0.1, 0.15) is 42.9 Å². The Hall–Kier alpha value is -3.02. The normalized spacial score (nSPS) is 18.2. The molecular formula is C22H25N3O3. The van der Waals surface area contributed by atoms with Crippen LogP contribution in [0.2, 0.25) is 0 Å². The van der Waals surface area contributed by atoms with Crippen molar-refractivity contribution in [3.63, 3.8) is 0 Å². The van der Waals surface area contributed by atoms with Crippen LogP contribution in [-0.4, -0.2) is 15.3 Å². The van der Waals surface area contributed by atoms with E-state index in [2.05, 4.69) is 12.2 Å². The molecule has 4 rings (SSSR count). The van der Waals surface area contributed by atoms with E-state index in [1.807, 2.05) is 56.4 Å². The van der Waals surface area contributed by atoms with Gasteiger partial charge in [0.1, 0.15) is 17.2 Å². The molecule has 0 bridgehead atoms. The number of para-hydroxylation sites is 1. The minimum atomic E-state index is -0.234. The highest BCUT2D eigenvalue weighted by molar-refractivity contribution is 5.91. The smallest absolute Gasteiger partial charge is 0.295 e. The molecular weight excluding hydrogens is 354 g/mol. The van der Waals surface area contributed by atoms with Crippen LogP contribution >= 0.6 is 0 Å². The number of carbonyl (C=O) groups excluding carboxylic acids is 1. The van der Waals surface area contributed by atoms with E-state index < -0.39 is 0 Å². The third kappa shape index (κ3) is 3.42. The van der Waals surface area contributed by atoms with Crippen LogP contribution in [0.15, 0.2) is 51.7 Å². The molecule has 1 aromatic carbocycles. The molecule has 6 nitrogen and oxygen atoms in total. The van der Waals surface area contributed by atoms with Crippen molar-refractivity contribution in [1.29, 1.82) is 0 Å². The van der Waals surface area contributed by atoms with Gasteiger partial charge in [-0.2, -0.15) is 0 Å². The van der Waals surface area contributed by atoms with E-state index in [9.17, 15) is 9.59 Å². The van der Waals surface area contributed by atoms with Crippen molar-refractivity contribution in [1.82, 2.24) is 9.36 Å². The molecule has 0 unspecified atom stereocenters. The lowest BCUT2D eigenvalue weighted by atomic mass is 10.2. The van der Waals surface area contributed by atoms with Crippen molar-refractivity contribution in [3.8, 4) is 5.69 Å². The van der Waals surface area contributed by atoms with Crippen molar-refractivity contribution in [2.75, 3.05) is 5.32 Å². The Bertz CT molecular complexity index is 1060. The summed E-state index contributed by atoms with van der Waals surface area (Å²) in [4.78, 5) is 25.3. The molecule has 2 heterocycles. The number of hydrogen-bond acceptors (Lipinski definition) is 3. The highest BCUT2D eigenvalue weighted by Gasteiger charge is 2.36. The predicted octanol–water partition coefficient (Wildman–Crippen LogP) is 3.77. The van der Waals surface area contributed by atoms with Gasteiger partial charge in [0.05, 0.1) is 11.4 Å². The second-order valence-corrected chi connectivity index (χ2v) is 7.61. The van der Waals surface area contributed by atoms with Crippen LogP contribution in [0, 0.1) is 12.8 Å². The Morgan fingerprint density at radius 1 is 1.21 bits per heavy atom. The van der Waals surface area contributed by atoms with E-state index in [0.717, 1.165) is 17.2 Å². The molecule has 0 aliphatic heterocycles. The van der Waals surface area contributed by atoms with Crippen LogP contribution in [0.3, 0.4) is 0 Å². The first-order valence-electron chi connectivity index (χ1n) is 9.68. The van der Waals surface area contributed by atoms with Crippen molar-refractivity contribution in [2.24, 2.45) is 13.0 Å². The Morgan fingerprint density at radius 3 is 2.61 bits per heavy atom. The topological polar surface area (TPSA) is 69.2 Å². The first-order chi connectivity index (χ1) is 13.5. The maximum absolute atomic E-state index is 12.8. The summed E-state index contributed by atoms with van der Waals surface area (Å²) in [6, 6.07) is 13.3. The molecule has 0 saturated heterocycles. The highest BCUT2D eigenvalue weighted by Crippen LogP contribution is 2.47. The van der Waals surface area contributed by atoms with Crippen LogP contribution in [-0.2, 0) is 18.3 Å². The Balaban J connectivity index is 1.45. The molecule has 1 aliphatic carbocycles. The van der Waals surface area contributed by atoms with Gasteiger partial charge in [-0.1, -0.05) is 25.1 Å². The third-order valence-electron chi connectivity index (χ3n) is 5.57. The van der Waals surface area contributed by atoms with E-state index >= 15 is 0 Å². The Labute approximate surface area is 163 Å². The largest absolute Gasteiger partial charge is 0.466 e. The van der Waals surface area contributed by atoms with Crippen molar-refractivity contribution >= 4 is 11.6 Å². The molecule has 1 fully saturated rings. The van der Waals surface area contributed by atoms with E-state index in [-0.39, 0.29) is 17.9 Å². The van der Waals surface area contributed by atoms with Gasteiger partial charge in [-0.05, 0) is 43.5 Å². The lowest BCUT2D eigenvalue weighted by molar-refractivity contribution is -0.116. The molecule has 146 valence electrons. The fraction of sp³-hybridized carbons (Fsp3) is 0.364. The molecule has 0 spiro atoms.